The zero-order valence-electron chi connectivity index (χ0n) is 11.1. The van der Waals surface area contributed by atoms with Crippen molar-refractivity contribution in [3.63, 3.8) is 0 Å². The standard InChI is InChI=1S/C15H12N2O4/c1-20-13-5-3-2-4-10(13)14-16-15(21-17-14)11-8-9(18)6-7-12(11)19/h2-8,18-19H,1H3. The van der Waals surface area contributed by atoms with E-state index in [0.29, 0.717) is 17.1 Å². The first-order chi connectivity index (χ1) is 10.2. The lowest BCUT2D eigenvalue weighted by Gasteiger charge is -2.03. The lowest BCUT2D eigenvalue weighted by atomic mass is 10.1. The molecule has 3 rings (SSSR count). The number of para-hydroxylation sites is 1. The number of phenolic OH excluding ortho intramolecular Hbond substituents is 2. The maximum atomic E-state index is 9.81. The second-order valence-corrected chi connectivity index (χ2v) is 4.32. The summed E-state index contributed by atoms with van der Waals surface area (Å²) in [7, 11) is 1.56. The Morgan fingerprint density at radius 2 is 1.86 bits per heavy atom. The van der Waals surface area contributed by atoms with Crippen molar-refractivity contribution in [3.05, 3.63) is 42.5 Å². The van der Waals surface area contributed by atoms with Crippen LogP contribution in [0.3, 0.4) is 0 Å². The third kappa shape index (κ3) is 2.38. The van der Waals surface area contributed by atoms with Crippen molar-refractivity contribution in [2.75, 3.05) is 7.11 Å². The lowest BCUT2D eigenvalue weighted by Crippen LogP contribution is -1.88. The third-order valence-corrected chi connectivity index (χ3v) is 2.98. The molecule has 2 aromatic carbocycles. The first kappa shape index (κ1) is 13.0. The van der Waals surface area contributed by atoms with E-state index in [9.17, 15) is 10.2 Å². The molecule has 1 aromatic heterocycles. The van der Waals surface area contributed by atoms with Crippen LogP contribution in [0.5, 0.6) is 17.2 Å². The maximum absolute atomic E-state index is 9.81. The Bertz CT molecular complexity index is 783. The normalized spacial score (nSPS) is 10.5. The number of hydrogen-bond acceptors (Lipinski definition) is 6. The summed E-state index contributed by atoms with van der Waals surface area (Å²) in [4.78, 5) is 4.23. The Balaban J connectivity index is 2.06. The molecule has 0 spiro atoms. The van der Waals surface area contributed by atoms with Crippen LogP contribution in [0.4, 0.5) is 0 Å². The SMILES string of the molecule is COc1ccccc1-c1noc(-c2cc(O)ccc2O)n1. The number of ether oxygens (including phenoxy) is 1. The fourth-order valence-electron chi connectivity index (χ4n) is 1.97. The quantitative estimate of drug-likeness (QED) is 0.719. The van der Waals surface area contributed by atoms with Crippen LogP contribution in [-0.2, 0) is 0 Å². The van der Waals surface area contributed by atoms with E-state index in [2.05, 4.69) is 10.1 Å². The monoisotopic (exact) mass is 284 g/mol. The Morgan fingerprint density at radius 3 is 2.67 bits per heavy atom. The molecule has 0 amide bonds. The van der Waals surface area contributed by atoms with Crippen LogP contribution >= 0.6 is 0 Å². The molecule has 0 unspecified atom stereocenters. The van der Waals surface area contributed by atoms with Gasteiger partial charge in [0.15, 0.2) is 0 Å². The van der Waals surface area contributed by atoms with Crippen molar-refractivity contribution in [2.24, 2.45) is 0 Å². The average Bonchev–Trinajstić information content (AvgIpc) is 2.99. The molecule has 0 atom stereocenters. The van der Waals surface area contributed by atoms with Gasteiger partial charge < -0.3 is 19.5 Å². The van der Waals surface area contributed by atoms with Crippen molar-refractivity contribution >= 4 is 0 Å². The van der Waals surface area contributed by atoms with E-state index in [4.69, 9.17) is 9.26 Å². The highest BCUT2D eigenvalue weighted by Gasteiger charge is 2.16. The van der Waals surface area contributed by atoms with Crippen LogP contribution in [0, 0.1) is 0 Å². The van der Waals surface area contributed by atoms with Gasteiger partial charge in [0.2, 0.25) is 5.82 Å². The molecular weight excluding hydrogens is 272 g/mol. The average molecular weight is 284 g/mol. The van der Waals surface area contributed by atoms with E-state index in [0.717, 1.165) is 0 Å². The van der Waals surface area contributed by atoms with Gasteiger partial charge in [-0.25, -0.2) is 0 Å². The minimum absolute atomic E-state index is 0.000147. The minimum Gasteiger partial charge on any atom is -0.508 e. The van der Waals surface area contributed by atoms with Crippen LogP contribution in [0.2, 0.25) is 0 Å². The van der Waals surface area contributed by atoms with Crippen LogP contribution in [-0.4, -0.2) is 27.5 Å². The first-order valence-electron chi connectivity index (χ1n) is 6.18. The van der Waals surface area contributed by atoms with Gasteiger partial charge in [-0.2, -0.15) is 4.98 Å². The molecule has 0 fully saturated rings. The second-order valence-electron chi connectivity index (χ2n) is 4.32. The van der Waals surface area contributed by atoms with Gasteiger partial charge in [-0.1, -0.05) is 17.3 Å². The molecule has 6 heteroatoms. The molecule has 6 nitrogen and oxygen atoms in total. The third-order valence-electron chi connectivity index (χ3n) is 2.98. The molecule has 21 heavy (non-hydrogen) atoms. The second kappa shape index (κ2) is 5.16. The van der Waals surface area contributed by atoms with Gasteiger partial charge in [0.25, 0.3) is 5.89 Å². The van der Waals surface area contributed by atoms with E-state index in [1.807, 2.05) is 12.1 Å². The summed E-state index contributed by atoms with van der Waals surface area (Å²) in [6.07, 6.45) is 0. The van der Waals surface area contributed by atoms with Gasteiger partial charge in [-0.05, 0) is 30.3 Å². The first-order valence-corrected chi connectivity index (χ1v) is 6.18. The molecule has 3 aromatic rings. The summed E-state index contributed by atoms with van der Waals surface area (Å²) in [5.41, 5.74) is 0.943. The van der Waals surface area contributed by atoms with Gasteiger partial charge in [0.05, 0.1) is 18.2 Å². The summed E-state index contributed by atoms with van der Waals surface area (Å²) >= 11 is 0. The van der Waals surface area contributed by atoms with Crippen LogP contribution in [0.15, 0.2) is 47.0 Å². The van der Waals surface area contributed by atoms with Gasteiger partial charge in [-0.3, -0.25) is 0 Å². The molecule has 106 valence electrons. The Labute approximate surface area is 120 Å². The number of hydrogen-bond donors (Lipinski definition) is 2. The number of methoxy groups -OCH3 is 1. The number of rotatable bonds is 3. The van der Waals surface area contributed by atoms with Gasteiger partial charge in [-0.15, -0.1) is 0 Å². The summed E-state index contributed by atoms with van der Waals surface area (Å²) in [5, 5.41) is 23.2. The smallest absolute Gasteiger partial charge is 0.262 e. The molecule has 1 heterocycles. The molecule has 0 bridgehead atoms. The maximum Gasteiger partial charge on any atom is 0.262 e. The van der Waals surface area contributed by atoms with Crippen molar-refractivity contribution in [1.29, 1.82) is 0 Å². The molecular formula is C15H12N2O4. The van der Waals surface area contributed by atoms with E-state index >= 15 is 0 Å². The Hall–Kier alpha value is -3.02. The predicted octanol–water partition coefficient (Wildman–Crippen LogP) is 2.82. The molecule has 0 saturated carbocycles. The zero-order chi connectivity index (χ0) is 14.8. The van der Waals surface area contributed by atoms with Gasteiger partial charge in [0.1, 0.15) is 17.2 Å². The van der Waals surface area contributed by atoms with Crippen LogP contribution in [0.25, 0.3) is 22.8 Å². The largest absolute Gasteiger partial charge is 0.508 e. The van der Waals surface area contributed by atoms with E-state index < -0.39 is 0 Å². The minimum atomic E-state index is -0.0528. The van der Waals surface area contributed by atoms with Crippen LogP contribution < -0.4 is 4.74 Å². The summed E-state index contributed by atoms with van der Waals surface area (Å²) in [6, 6.07) is 11.3. The summed E-state index contributed by atoms with van der Waals surface area (Å²) in [6.45, 7) is 0. The summed E-state index contributed by atoms with van der Waals surface area (Å²) in [5.74, 6) is 1.02. The number of nitrogens with zero attached hydrogens (tertiary/aromatic N) is 2. The van der Waals surface area contributed by atoms with Crippen LogP contribution in [0.1, 0.15) is 0 Å². The van der Waals surface area contributed by atoms with Crippen molar-refractivity contribution < 1.29 is 19.5 Å². The number of phenols is 2. The van der Waals surface area contributed by atoms with Crippen molar-refractivity contribution in [3.8, 4) is 40.1 Å². The molecule has 0 aliphatic rings. The van der Waals surface area contributed by atoms with Gasteiger partial charge >= 0.3 is 0 Å². The van der Waals surface area contributed by atoms with E-state index in [-0.39, 0.29) is 23.0 Å². The van der Waals surface area contributed by atoms with E-state index in [1.165, 1.54) is 18.2 Å². The van der Waals surface area contributed by atoms with E-state index in [1.54, 1.807) is 19.2 Å². The molecule has 0 radical (unpaired) electrons. The predicted molar refractivity (Wildman–Crippen MR) is 75.1 cm³/mol. The van der Waals surface area contributed by atoms with Crippen molar-refractivity contribution in [1.82, 2.24) is 10.1 Å². The number of benzene rings is 2. The fraction of sp³-hybridized carbons (Fsp3) is 0.0667. The highest BCUT2D eigenvalue weighted by molar-refractivity contribution is 5.68. The van der Waals surface area contributed by atoms with Gasteiger partial charge in [0, 0.05) is 0 Å². The fourth-order valence-corrected chi connectivity index (χ4v) is 1.97. The number of aromatic hydroxyl groups is 2. The molecule has 0 saturated heterocycles. The Morgan fingerprint density at radius 1 is 1.05 bits per heavy atom. The lowest BCUT2D eigenvalue weighted by molar-refractivity contribution is 0.412. The highest BCUT2D eigenvalue weighted by Crippen LogP contribution is 2.33. The highest BCUT2D eigenvalue weighted by atomic mass is 16.5. The molecule has 2 N–H and O–H groups in total. The topological polar surface area (TPSA) is 88.6 Å². The summed E-state index contributed by atoms with van der Waals surface area (Å²) < 4.78 is 10.4. The molecule has 0 aliphatic carbocycles. The molecule has 0 aliphatic heterocycles. The Kier molecular flexibility index (Phi) is 3.19. The number of aromatic nitrogens is 2. The zero-order valence-corrected chi connectivity index (χ0v) is 11.1. The van der Waals surface area contributed by atoms with Crippen molar-refractivity contribution in [2.45, 2.75) is 0 Å².